The number of fused-ring (bicyclic) bond motifs is 1. The summed E-state index contributed by atoms with van der Waals surface area (Å²) in [5.41, 5.74) is 2.86. The van der Waals surface area contributed by atoms with E-state index in [1.807, 2.05) is 33.0 Å². The highest BCUT2D eigenvalue weighted by Gasteiger charge is 2.28. The Balaban J connectivity index is 1.90. The van der Waals surface area contributed by atoms with Crippen LogP contribution >= 0.6 is 0 Å². The molecule has 3 rings (SSSR count). The van der Waals surface area contributed by atoms with E-state index in [9.17, 15) is 10.4 Å². The van der Waals surface area contributed by atoms with Crippen molar-refractivity contribution in [3.63, 3.8) is 0 Å². The molecule has 122 valence electrons. The molecule has 5 nitrogen and oxygen atoms in total. The summed E-state index contributed by atoms with van der Waals surface area (Å²) in [6, 6.07) is 6.27. The van der Waals surface area contributed by atoms with Gasteiger partial charge in [-0.3, -0.25) is 4.90 Å². The topological polar surface area (TPSA) is 73.3 Å². The predicted molar refractivity (Wildman–Crippen MR) is 87.9 cm³/mol. The quantitative estimate of drug-likeness (QED) is 0.938. The van der Waals surface area contributed by atoms with Gasteiger partial charge in [0.25, 0.3) is 0 Å². The van der Waals surface area contributed by atoms with E-state index in [-0.39, 0.29) is 18.1 Å². The number of aliphatic hydroxyl groups excluding tert-OH is 1. The van der Waals surface area contributed by atoms with E-state index >= 15 is 0 Å². The molecule has 1 heterocycles. The van der Waals surface area contributed by atoms with Gasteiger partial charge in [0.15, 0.2) is 11.5 Å². The zero-order valence-corrected chi connectivity index (χ0v) is 13.9. The molecule has 1 aliphatic carbocycles. The number of aromatic nitrogens is 1. The fraction of sp³-hybridized carbons (Fsp3) is 0.556. The average molecular weight is 313 g/mol. The lowest BCUT2D eigenvalue weighted by Crippen LogP contribution is -2.36. The van der Waals surface area contributed by atoms with Crippen LogP contribution in [0, 0.1) is 11.3 Å². The molecule has 0 aliphatic heterocycles. The normalized spacial score (nSPS) is 21.4. The number of hydrogen-bond acceptors (Lipinski definition) is 5. The molecule has 1 aromatic heterocycles. The molecule has 0 amide bonds. The highest BCUT2D eigenvalue weighted by molar-refractivity contribution is 5.80. The number of oxazole rings is 1. The molecular formula is C18H23N3O2. The van der Waals surface area contributed by atoms with Gasteiger partial charge >= 0.3 is 0 Å². The van der Waals surface area contributed by atoms with Crippen LogP contribution in [0.5, 0.6) is 0 Å². The molecule has 0 radical (unpaired) electrons. The highest BCUT2D eigenvalue weighted by atomic mass is 16.3. The molecule has 23 heavy (non-hydrogen) atoms. The number of likely N-dealkylation sites (N-methyl/N-ethyl adjacent to an activating group) is 1. The summed E-state index contributed by atoms with van der Waals surface area (Å²) in [5.74, 6) is 0.849. The van der Waals surface area contributed by atoms with Gasteiger partial charge in [0.05, 0.1) is 11.7 Å². The Labute approximate surface area is 136 Å². The summed E-state index contributed by atoms with van der Waals surface area (Å²) < 4.78 is 5.74. The van der Waals surface area contributed by atoms with Crippen LogP contribution in [0.2, 0.25) is 0 Å². The maximum atomic E-state index is 10.1. The molecule has 2 atom stereocenters. The minimum atomic E-state index is -0.251. The Morgan fingerprint density at radius 2 is 2.22 bits per heavy atom. The average Bonchev–Trinajstić information content (AvgIpc) is 3.12. The van der Waals surface area contributed by atoms with Crippen LogP contribution in [0.15, 0.2) is 16.5 Å². The number of hydrogen-bond donors (Lipinski definition) is 1. The Bertz CT molecular complexity index is 745. The fourth-order valence-electron chi connectivity index (χ4n) is 3.37. The Morgan fingerprint density at radius 3 is 2.83 bits per heavy atom. The first-order chi connectivity index (χ1) is 11.0. The van der Waals surface area contributed by atoms with E-state index in [2.05, 4.69) is 16.0 Å². The zero-order valence-electron chi connectivity index (χ0n) is 13.9. The molecule has 1 saturated carbocycles. The van der Waals surface area contributed by atoms with Crippen molar-refractivity contribution in [3.8, 4) is 6.07 Å². The fourth-order valence-corrected chi connectivity index (χ4v) is 3.37. The summed E-state index contributed by atoms with van der Waals surface area (Å²) in [6.45, 7) is 4.73. The summed E-state index contributed by atoms with van der Waals surface area (Å²) in [7, 11) is 2.03. The molecule has 0 unspecified atom stereocenters. The third-order valence-electron chi connectivity index (χ3n) is 4.62. The SMILES string of the molecule is CC(C)c1nc2cc(CN(C)[C@H]3CCC[C@H]3O)cc(C#N)c2o1. The minimum Gasteiger partial charge on any atom is -0.439 e. The number of aliphatic hydroxyl groups is 1. The van der Waals surface area contributed by atoms with E-state index in [4.69, 9.17) is 4.42 Å². The van der Waals surface area contributed by atoms with Crippen LogP contribution in [0.4, 0.5) is 0 Å². The largest absolute Gasteiger partial charge is 0.439 e. The predicted octanol–water partition coefficient (Wildman–Crippen LogP) is 3.17. The summed E-state index contributed by atoms with van der Waals surface area (Å²) in [5, 5.41) is 19.5. The summed E-state index contributed by atoms with van der Waals surface area (Å²) >= 11 is 0. The van der Waals surface area contributed by atoms with Crippen LogP contribution in [-0.2, 0) is 6.54 Å². The standard InChI is InChI=1S/C18H23N3O2/c1-11(2)18-20-14-8-12(7-13(9-19)17(14)23-18)10-21(3)15-5-4-6-16(15)22/h7-8,11,15-16,22H,4-6,10H2,1-3H3/t15-,16+/m0/s1. The van der Waals surface area contributed by atoms with Gasteiger partial charge in [-0.2, -0.15) is 5.26 Å². The third-order valence-corrected chi connectivity index (χ3v) is 4.62. The van der Waals surface area contributed by atoms with E-state index in [1.54, 1.807) is 0 Å². The second kappa shape index (κ2) is 6.31. The van der Waals surface area contributed by atoms with Crippen molar-refractivity contribution < 1.29 is 9.52 Å². The molecular weight excluding hydrogens is 290 g/mol. The van der Waals surface area contributed by atoms with Crippen molar-refractivity contribution in [2.24, 2.45) is 0 Å². The number of rotatable bonds is 4. The van der Waals surface area contributed by atoms with Crippen molar-refractivity contribution in [3.05, 3.63) is 29.2 Å². The van der Waals surface area contributed by atoms with Crippen molar-refractivity contribution in [1.29, 1.82) is 5.26 Å². The van der Waals surface area contributed by atoms with Crippen LogP contribution in [0.3, 0.4) is 0 Å². The molecule has 2 aromatic rings. The van der Waals surface area contributed by atoms with E-state index in [1.165, 1.54) is 0 Å². The monoisotopic (exact) mass is 313 g/mol. The van der Waals surface area contributed by atoms with E-state index in [0.717, 1.165) is 30.3 Å². The molecule has 1 aromatic carbocycles. The Hall–Kier alpha value is -1.90. The summed E-state index contributed by atoms with van der Waals surface area (Å²) in [4.78, 5) is 6.69. The van der Waals surface area contributed by atoms with Crippen molar-refractivity contribution in [2.45, 2.75) is 57.7 Å². The van der Waals surface area contributed by atoms with Gasteiger partial charge in [0, 0.05) is 18.5 Å². The van der Waals surface area contributed by atoms with Gasteiger partial charge in [0.1, 0.15) is 11.6 Å². The molecule has 1 N–H and O–H groups in total. The minimum absolute atomic E-state index is 0.189. The van der Waals surface area contributed by atoms with Crippen LogP contribution in [0.1, 0.15) is 56.0 Å². The van der Waals surface area contributed by atoms with Crippen molar-refractivity contribution in [1.82, 2.24) is 9.88 Å². The smallest absolute Gasteiger partial charge is 0.198 e. The first kappa shape index (κ1) is 16.0. The number of benzene rings is 1. The molecule has 5 heteroatoms. The van der Waals surface area contributed by atoms with E-state index < -0.39 is 0 Å². The van der Waals surface area contributed by atoms with Crippen LogP contribution in [-0.4, -0.2) is 34.2 Å². The van der Waals surface area contributed by atoms with Crippen molar-refractivity contribution >= 4 is 11.1 Å². The molecule has 1 fully saturated rings. The van der Waals surface area contributed by atoms with Crippen LogP contribution in [0.25, 0.3) is 11.1 Å². The lowest BCUT2D eigenvalue weighted by Gasteiger charge is -2.27. The van der Waals surface area contributed by atoms with Gasteiger partial charge in [0.2, 0.25) is 0 Å². The highest BCUT2D eigenvalue weighted by Crippen LogP contribution is 2.28. The maximum absolute atomic E-state index is 10.1. The first-order valence-corrected chi connectivity index (χ1v) is 8.21. The Morgan fingerprint density at radius 1 is 1.43 bits per heavy atom. The van der Waals surface area contributed by atoms with Gasteiger partial charge in [-0.1, -0.05) is 13.8 Å². The number of nitrogens with zero attached hydrogens (tertiary/aromatic N) is 3. The van der Waals surface area contributed by atoms with Gasteiger partial charge in [-0.15, -0.1) is 0 Å². The van der Waals surface area contributed by atoms with Crippen LogP contribution < -0.4 is 0 Å². The third kappa shape index (κ3) is 3.10. The number of nitriles is 1. The first-order valence-electron chi connectivity index (χ1n) is 8.21. The second-order valence-electron chi connectivity index (χ2n) is 6.79. The van der Waals surface area contributed by atoms with E-state index in [0.29, 0.717) is 23.6 Å². The van der Waals surface area contributed by atoms with Gasteiger partial charge in [-0.05, 0) is 44.0 Å². The lowest BCUT2D eigenvalue weighted by atomic mass is 10.1. The molecule has 0 bridgehead atoms. The molecule has 0 saturated heterocycles. The van der Waals surface area contributed by atoms with Gasteiger partial charge in [-0.25, -0.2) is 4.98 Å². The Kier molecular flexibility index (Phi) is 4.38. The van der Waals surface area contributed by atoms with Crippen molar-refractivity contribution in [2.75, 3.05) is 7.05 Å². The summed E-state index contributed by atoms with van der Waals surface area (Å²) in [6.07, 6.45) is 2.71. The second-order valence-corrected chi connectivity index (χ2v) is 6.79. The lowest BCUT2D eigenvalue weighted by molar-refractivity contribution is 0.0825. The van der Waals surface area contributed by atoms with Gasteiger partial charge < -0.3 is 9.52 Å². The maximum Gasteiger partial charge on any atom is 0.198 e. The molecule has 1 aliphatic rings. The molecule has 0 spiro atoms. The zero-order chi connectivity index (χ0) is 16.6.